The van der Waals surface area contributed by atoms with Gasteiger partial charge in [0.1, 0.15) is 0 Å². The summed E-state index contributed by atoms with van der Waals surface area (Å²) in [5.74, 6) is -1.27. The molecular formula is C16H21NO3S. The molecule has 1 aliphatic carbocycles. The number of thiophene rings is 1. The van der Waals surface area contributed by atoms with Crippen LogP contribution in [0.5, 0.6) is 0 Å². The molecule has 2 aliphatic rings. The van der Waals surface area contributed by atoms with E-state index in [1.807, 2.05) is 23.3 Å². The van der Waals surface area contributed by atoms with Crippen LogP contribution in [-0.4, -0.2) is 28.4 Å². The Labute approximate surface area is 128 Å². The normalized spacial score (nSPS) is 32.5. The van der Waals surface area contributed by atoms with E-state index in [4.69, 9.17) is 0 Å². The van der Waals surface area contributed by atoms with E-state index in [9.17, 15) is 14.7 Å². The average molecular weight is 307 g/mol. The lowest BCUT2D eigenvalue weighted by atomic mass is 9.94. The van der Waals surface area contributed by atoms with Gasteiger partial charge in [-0.3, -0.25) is 9.59 Å². The lowest BCUT2D eigenvalue weighted by Gasteiger charge is -2.28. The molecular weight excluding hydrogens is 286 g/mol. The Hall–Kier alpha value is -1.36. The minimum atomic E-state index is -0.815. The molecule has 21 heavy (non-hydrogen) atoms. The van der Waals surface area contributed by atoms with Gasteiger partial charge in [0, 0.05) is 11.4 Å². The fourth-order valence-corrected chi connectivity index (χ4v) is 4.73. The molecule has 5 heteroatoms. The highest BCUT2D eigenvalue weighted by molar-refractivity contribution is 7.10. The van der Waals surface area contributed by atoms with Crippen LogP contribution in [0.4, 0.5) is 0 Å². The van der Waals surface area contributed by atoms with Crippen LogP contribution in [0, 0.1) is 17.8 Å². The van der Waals surface area contributed by atoms with Gasteiger partial charge < -0.3 is 10.0 Å². The maximum Gasteiger partial charge on any atom is 0.307 e. The number of nitrogens with zero attached hydrogens (tertiary/aromatic N) is 1. The summed E-state index contributed by atoms with van der Waals surface area (Å²) in [4.78, 5) is 27.5. The van der Waals surface area contributed by atoms with Crippen LogP contribution in [0.3, 0.4) is 0 Å². The summed E-state index contributed by atoms with van der Waals surface area (Å²) in [7, 11) is 0. The minimum absolute atomic E-state index is 0.0580. The van der Waals surface area contributed by atoms with Gasteiger partial charge in [-0.25, -0.2) is 0 Å². The zero-order valence-electron chi connectivity index (χ0n) is 12.2. The topological polar surface area (TPSA) is 57.6 Å². The molecule has 0 radical (unpaired) electrons. The van der Waals surface area contributed by atoms with Crippen molar-refractivity contribution in [1.82, 2.24) is 4.90 Å². The molecule has 1 aromatic heterocycles. The molecule has 0 aromatic carbocycles. The van der Waals surface area contributed by atoms with Crippen molar-refractivity contribution in [2.75, 3.05) is 6.54 Å². The molecule has 1 aromatic rings. The highest BCUT2D eigenvalue weighted by Crippen LogP contribution is 2.41. The largest absolute Gasteiger partial charge is 0.481 e. The lowest BCUT2D eigenvalue weighted by molar-refractivity contribution is -0.149. The van der Waals surface area contributed by atoms with Crippen LogP contribution in [0.15, 0.2) is 17.5 Å². The molecule has 1 saturated carbocycles. The molecule has 0 spiro atoms. The summed E-state index contributed by atoms with van der Waals surface area (Å²) in [5.41, 5.74) is 0. The predicted octanol–water partition coefficient (Wildman–Crippen LogP) is 3.16. The number of hydrogen-bond donors (Lipinski definition) is 1. The molecule has 4 unspecified atom stereocenters. The number of carbonyl (C=O) groups excluding carboxylic acids is 1. The molecule has 1 amide bonds. The number of carboxylic acid groups (broad SMARTS) is 1. The molecule has 2 fully saturated rings. The van der Waals surface area contributed by atoms with E-state index in [1.54, 1.807) is 11.3 Å². The number of likely N-dealkylation sites (tertiary alicyclic amines) is 1. The lowest BCUT2D eigenvalue weighted by Crippen LogP contribution is -2.38. The Balaban J connectivity index is 1.79. The van der Waals surface area contributed by atoms with E-state index >= 15 is 0 Å². The summed E-state index contributed by atoms with van der Waals surface area (Å²) in [6.07, 6.45) is 3.34. The van der Waals surface area contributed by atoms with E-state index in [-0.39, 0.29) is 17.9 Å². The Morgan fingerprint density at radius 1 is 1.33 bits per heavy atom. The Kier molecular flexibility index (Phi) is 4.02. The fourth-order valence-electron chi connectivity index (χ4n) is 3.86. The third-order valence-corrected chi connectivity index (χ3v) is 5.81. The summed E-state index contributed by atoms with van der Waals surface area (Å²) < 4.78 is 0. The van der Waals surface area contributed by atoms with Crippen molar-refractivity contribution in [1.29, 1.82) is 0 Å². The van der Waals surface area contributed by atoms with E-state index in [0.29, 0.717) is 18.8 Å². The predicted molar refractivity (Wildman–Crippen MR) is 81.0 cm³/mol. The molecule has 114 valence electrons. The summed E-state index contributed by atoms with van der Waals surface area (Å²) >= 11 is 1.68. The molecule has 3 rings (SSSR count). The highest BCUT2D eigenvalue weighted by atomic mass is 32.1. The second kappa shape index (κ2) is 5.79. The number of carboxylic acids is 1. The monoisotopic (exact) mass is 307 g/mol. The first-order valence-corrected chi connectivity index (χ1v) is 8.52. The SMILES string of the molecule is CC1CC(C(=O)O)C(C(=O)N2CCCC2c2cccs2)C1. The van der Waals surface area contributed by atoms with Crippen molar-refractivity contribution in [2.45, 2.75) is 38.6 Å². The van der Waals surface area contributed by atoms with Crippen molar-refractivity contribution in [3.63, 3.8) is 0 Å². The third kappa shape index (κ3) is 2.71. The molecule has 0 bridgehead atoms. The molecule has 4 nitrogen and oxygen atoms in total. The second-order valence-electron chi connectivity index (χ2n) is 6.33. The highest BCUT2D eigenvalue weighted by Gasteiger charge is 2.45. The van der Waals surface area contributed by atoms with Crippen molar-refractivity contribution in [2.24, 2.45) is 17.8 Å². The van der Waals surface area contributed by atoms with Gasteiger partial charge in [-0.05, 0) is 43.0 Å². The van der Waals surface area contributed by atoms with Crippen LogP contribution in [0.1, 0.15) is 43.5 Å². The first kappa shape index (κ1) is 14.6. The van der Waals surface area contributed by atoms with E-state index in [1.165, 1.54) is 4.88 Å². The van der Waals surface area contributed by atoms with Gasteiger partial charge in [0.25, 0.3) is 0 Å². The van der Waals surface area contributed by atoms with Gasteiger partial charge >= 0.3 is 5.97 Å². The maximum absolute atomic E-state index is 12.9. The summed E-state index contributed by atoms with van der Waals surface area (Å²) in [5, 5.41) is 11.4. The van der Waals surface area contributed by atoms with E-state index in [0.717, 1.165) is 19.4 Å². The van der Waals surface area contributed by atoms with Crippen molar-refractivity contribution in [3.8, 4) is 0 Å². The zero-order valence-corrected chi connectivity index (χ0v) is 13.0. The van der Waals surface area contributed by atoms with Crippen LogP contribution < -0.4 is 0 Å². The van der Waals surface area contributed by atoms with Crippen LogP contribution in [-0.2, 0) is 9.59 Å². The molecule has 1 N–H and O–H groups in total. The smallest absolute Gasteiger partial charge is 0.307 e. The summed E-state index contributed by atoms with van der Waals surface area (Å²) in [6, 6.07) is 4.24. The second-order valence-corrected chi connectivity index (χ2v) is 7.31. The van der Waals surface area contributed by atoms with Crippen molar-refractivity contribution < 1.29 is 14.7 Å². The quantitative estimate of drug-likeness (QED) is 0.933. The summed E-state index contributed by atoms with van der Waals surface area (Å²) in [6.45, 7) is 2.81. The number of rotatable bonds is 3. The average Bonchev–Trinajstić information content (AvgIpc) is 3.17. The Bertz CT molecular complexity index is 528. The van der Waals surface area contributed by atoms with Crippen LogP contribution >= 0.6 is 11.3 Å². The van der Waals surface area contributed by atoms with E-state index < -0.39 is 11.9 Å². The van der Waals surface area contributed by atoms with Gasteiger partial charge in [0.05, 0.1) is 17.9 Å². The molecule has 1 saturated heterocycles. The minimum Gasteiger partial charge on any atom is -0.481 e. The maximum atomic E-state index is 12.9. The number of hydrogen-bond acceptors (Lipinski definition) is 3. The Morgan fingerprint density at radius 3 is 2.76 bits per heavy atom. The standard InChI is InChI=1S/C16H21NO3S/c1-10-8-11(12(9-10)16(19)20)15(18)17-6-2-4-13(17)14-5-3-7-21-14/h3,5,7,10-13H,2,4,6,8-9H2,1H3,(H,19,20). The first-order valence-electron chi connectivity index (χ1n) is 7.64. The first-order chi connectivity index (χ1) is 10.1. The van der Waals surface area contributed by atoms with Crippen LogP contribution in [0.2, 0.25) is 0 Å². The molecule has 2 heterocycles. The van der Waals surface area contributed by atoms with Gasteiger partial charge in [-0.1, -0.05) is 13.0 Å². The van der Waals surface area contributed by atoms with Gasteiger partial charge in [-0.15, -0.1) is 11.3 Å². The fraction of sp³-hybridized carbons (Fsp3) is 0.625. The number of carbonyl (C=O) groups is 2. The molecule has 4 atom stereocenters. The van der Waals surface area contributed by atoms with Crippen molar-refractivity contribution in [3.05, 3.63) is 22.4 Å². The number of amides is 1. The van der Waals surface area contributed by atoms with E-state index in [2.05, 4.69) is 6.07 Å². The zero-order chi connectivity index (χ0) is 15.0. The van der Waals surface area contributed by atoms with Gasteiger partial charge in [0.15, 0.2) is 0 Å². The van der Waals surface area contributed by atoms with Gasteiger partial charge in [-0.2, -0.15) is 0 Å². The van der Waals surface area contributed by atoms with Crippen LogP contribution in [0.25, 0.3) is 0 Å². The third-order valence-electron chi connectivity index (χ3n) is 4.84. The number of aliphatic carboxylic acids is 1. The Morgan fingerprint density at radius 2 is 2.10 bits per heavy atom. The van der Waals surface area contributed by atoms with Crippen molar-refractivity contribution >= 4 is 23.2 Å². The van der Waals surface area contributed by atoms with Gasteiger partial charge in [0.2, 0.25) is 5.91 Å². The molecule has 1 aliphatic heterocycles.